The van der Waals surface area contributed by atoms with Crippen LogP contribution in [0.25, 0.3) is 0 Å². The second-order valence-corrected chi connectivity index (χ2v) is 9.64. The van der Waals surface area contributed by atoms with Gasteiger partial charge in [0.1, 0.15) is 0 Å². The third kappa shape index (κ3) is 4.91. The summed E-state index contributed by atoms with van der Waals surface area (Å²) >= 11 is 0. The van der Waals surface area contributed by atoms with Crippen molar-refractivity contribution in [2.75, 3.05) is 26.2 Å². The largest absolute Gasteiger partial charge is 0.448 e. The van der Waals surface area contributed by atoms with E-state index < -0.39 is 33.2 Å². The van der Waals surface area contributed by atoms with E-state index in [1.165, 1.54) is 6.42 Å². The number of hydrogen-bond acceptors (Lipinski definition) is 6. The summed E-state index contributed by atoms with van der Waals surface area (Å²) < 4.78 is 42.3. The number of carbonyl (C=O) groups is 1. The van der Waals surface area contributed by atoms with Gasteiger partial charge in [-0.25, -0.2) is 8.42 Å². The maximum absolute atomic E-state index is 12.1. The topological polar surface area (TPSA) is 82.1 Å². The molecule has 1 spiro atoms. The zero-order chi connectivity index (χ0) is 18.0. The van der Waals surface area contributed by atoms with Crippen LogP contribution in [0.3, 0.4) is 0 Å². The van der Waals surface area contributed by atoms with E-state index in [2.05, 4.69) is 0 Å². The van der Waals surface area contributed by atoms with E-state index in [0.717, 1.165) is 36.2 Å². The van der Waals surface area contributed by atoms with Crippen LogP contribution in [0.15, 0.2) is 0 Å². The molecule has 2 aliphatic rings. The molecule has 1 aliphatic heterocycles. The maximum atomic E-state index is 12.1. The fraction of sp³-hybridized carbons (Fsp3) is 0.938. The van der Waals surface area contributed by atoms with Gasteiger partial charge in [0.25, 0.3) is 0 Å². The molecule has 1 saturated heterocycles. The van der Waals surface area contributed by atoms with Crippen LogP contribution in [0.4, 0.5) is 0 Å². The minimum atomic E-state index is -3.55. The van der Waals surface area contributed by atoms with Crippen LogP contribution in [0.2, 0.25) is 0 Å². The van der Waals surface area contributed by atoms with E-state index in [4.69, 9.17) is 14.2 Å². The quantitative estimate of drug-likeness (QED) is 0.560. The molecule has 0 amide bonds. The molecule has 2 rings (SSSR count). The minimum absolute atomic E-state index is 0.250. The number of esters is 1. The molecule has 2 fully saturated rings. The number of nitrogens with zero attached hydrogens (tertiary/aromatic N) is 1. The summed E-state index contributed by atoms with van der Waals surface area (Å²) in [4.78, 5) is 11.9. The Hall–Kier alpha value is -0.700. The van der Waals surface area contributed by atoms with Crippen LogP contribution in [-0.2, 0) is 29.0 Å². The summed E-state index contributed by atoms with van der Waals surface area (Å²) in [5.41, 5.74) is -0.686. The van der Waals surface area contributed by atoms with Crippen molar-refractivity contribution in [3.8, 4) is 0 Å². The first-order chi connectivity index (χ1) is 11.0. The molecule has 0 aromatic rings. The van der Waals surface area contributed by atoms with Gasteiger partial charge in [-0.05, 0) is 33.6 Å². The SMILES string of the molecule is CC(C)(C)C(=O)OCN(C1COC2(CCCCC2)OC1)S(C)(=O)=O. The Labute approximate surface area is 144 Å². The standard InChI is InChI=1S/C16H29NO6S/c1-15(2,3)14(18)21-12-17(24(4,19)20)13-10-22-16(23-11-13)8-6-5-7-9-16/h13H,5-12H2,1-4H3. The summed E-state index contributed by atoms with van der Waals surface area (Å²) in [6.45, 7) is 5.35. The first kappa shape index (κ1) is 19.6. The van der Waals surface area contributed by atoms with Crippen molar-refractivity contribution in [2.24, 2.45) is 5.41 Å². The van der Waals surface area contributed by atoms with Crippen molar-refractivity contribution in [1.29, 1.82) is 0 Å². The summed E-state index contributed by atoms with van der Waals surface area (Å²) in [6, 6.07) is -0.486. The second-order valence-electron chi connectivity index (χ2n) is 7.71. The molecule has 0 aromatic carbocycles. The van der Waals surface area contributed by atoms with Crippen molar-refractivity contribution >= 4 is 16.0 Å². The van der Waals surface area contributed by atoms with E-state index >= 15 is 0 Å². The molecule has 7 nitrogen and oxygen atoms in total. The van der Waals surface area contributed by atoms with Crippen molar-refractivity contribution in [2.45, 2.75) is 64.7 Å². The zero-order valence-corrected chi connectivity index (χ0v) is 15.9. The lowest BCUT2D eigenvalue weighted by atomic mass is 9.93. The Balaban J connectivity index is 1.98. The molecule has 0 unspecified atom stereocenters. The lowest BCUT2D eigenvalue weighted by Gasteiger charge is -2.44. The van der Waals surface area contributed by atoms with Gasteiger partial charge in [0.05, 0.1) is 30.9 Å². The molecular formula is C16H29NO6S. The Morgan fingerprint density at radius 2 is 1.71 bits per heavy atom. The smallest absolute Gasteiger partial charge is 0.312 e. The highest BCUT2D eigenvalue weighted by Crippen LogP contribution is 2.35. The third-order valence-corrected chi connectivity index (χ3v) is 5.72. The van der Waals surface area contributed by atoms with Gasteiger partial charge >= 0.3 is 5.97 Å². The van der Waals surface area contributed by atoms with Gasteiger partial charge in [-0.15, -0.1) is 0 Å². The summed E-state index contributed by atoms with van der Waals surface area (Å²) in [5, 5.41) is 0. The summed E-state index contributed by atoms with van der Waals surface area (Å²) in [6.07, 6.45) is 6.08. The average Bonchev–Trinajstić information content (AvgIpc) is 2.48. The van der Waals surface area contributed by atoms with E-state index in [9.17, 15) is 13.2 Å². The van der Waals surface area contributed by atoms with Crippen LogP contribution in [-0.4, -0.2) is 56.7 Å². The van der Waals surface area contributed by atoms with E-state index in [0.29, 0.717) is 0 Å². The van der Waals surface area contributed by atoms with Gasteiger partial charge in [0, 0.05) is 12.8 Å². The van der Waals surface area contributed by atoms with E-state index in [-0.39, 0.29) is 19.9 Å². The molecule has 1 aliphatic carbocycles. The van der Waals surface area contributed by atoms with Crippen LogP contribution in [0.5, 0.6) is 0 Å². The normalized spacial score (nSPS) is 22.7. The highest BCUT2D eigenvalue weighted by Gasteiger charge is 2.42. The Morgan fingerprint density at radius 1 is 1.17 bits per heavy atom. The molecule has 0 radical (unpaired) electrons. The minimum Gasteiger partial charge on any atom is -0.448 e. The number of rotatable bonds is 4. The number of carbonyl (C=O) groups excluding carboxylic acids is 1. The predicted octanol–water partition coefficient (Wildman–Crippen LogP) is 1.87. The van der Waals surface area contributed by atoms with Gasteiger partial charge in [-0.2, -0.15) is 4.31 Å². The van der Waals surface area contributed by atoms with Crippen molar-refractivity contribution in [1.82, 2.24) is 4.31 Å². The average molecular weight is 363 g/mol. The lowest BCUT2D eigenvalue weighted by Crippen LogP contribution is -2.55. The molecule has 0 aromatic heterocycles. The molecule has 0 N–H and O–H groups in total. The summed E-state index contributed by atoms with van der Waals surface area (Å²) in [7, 11) is -3.55. The first-order valence-corrected chi connectivity index (χ1v) is 10.3. The number of sulfonamides is 1. The Bertz CT molecular complexity index is 537. The van der Waals surface area contributed by atoms with Gasteiger partial charge in [-0.3, -0.25) is 4.79 Å². The van der Waals surface area contributed by atoms with Gasteiger partial charge in [0.2, 0.25) is 10.0 Å². The fourth-order valence-corrected chi connectivity index (χ4v) is 3.85. The van der Waals surface area contributed by atoms with Gasteiger partial charge < -0.3 is 14.2 Å². The molecule has 8 heteroatoms. The van der Waals surface area contributed by atoms with Crippen molar-refractivity contribution < 1.29 is 27.4 Å². The van der Waals surface area contributed by atoms with Gasteiger partial charge in [0.15, 0.2) is 12.5 Å². The first-order valence-electron chi connectivity index (χ1n) is 8.45. The Morgan fingerprint density at radius 3 is 2.17 bits per heavy atom. The summed E-state index contributed by atoms with van der Waals surface area (Å²) in [5.74, 6) is -1.00. The van der Waals surface area contributed by atoms with E-state index in [1.807, 2.05) is 0 Å². The molecule has 0 atom stereocenters. The number of ether oxygens (including phenoxy) is 3. The predicted molar refractivity (Wildman–Crippen MR) is 88.6 cm³/mol. The molecular weight excluding hydrogens is 334 g/mol. The zero-order valence-electron chi connectivity index (χ0n) is 15.0. The van der Waals surface area contributed by atoms with Crippen LogP contribution in [0.1, 0.15) is 52.9 Å². The van der Waals surface area contributed by atoms with E-state index in [1.54, 1.807) is 20.8 Å². The van der Waals surface area contributed by atoms with Crippen LogP contribution >= 0.6 is 0 Å². The van der Waals surface area contributed by atoms with Crippen LogP contribution in [0, 0.1) is 5.41 Å². The maximum Gasteiger partial charge on any atom is 0.312 e. The Kier molecular flexibility index (Phi) is 5.95. The van der Waals surface area contributed by atoms with Crippen LogP contribution < -0.4 is 0 Å². The molecule has 140 valence electrons. The third-order valence-electron chi connectivity index (χ3n) is 4.46. The molecule has 1 saturated carbocycles. The monoisotopic (exact) mass is 363 g/mol. The highest BCUT2D eigenvalue weighted by molar-refractivity contribution is 7.88. The van der Waals surface area contributed by atoms with Crippen molar-refractivity contribution in [3.05, 3.63) is 0 Å². The highest BCUT2D eigenvalue weighted by atomic mass is 32.2. The second kappa shape index (κ2) is 7.27. The lowest BCUT2D eigenvalue weighted by molar-refractivity contribution is -0.293. The molecule has 24 heavy (non-hydrogen) atoms. The molecule has 1 heterocycles. The molecule has 0 bridgehead atoms. The van der Waals surface area contributed by atoms with Gasteiger partial charge in [-0.1, -0.05) is 6.42 Å². The number of hydrogen-bond donors (Lipinski definition) is 0. The fourth-order valence-electron chi connectivity index (χ4n) is 2.94. The van der Waals surface area contributed by atoms with Crippen molar-refractivity contribution in [3.63, 3.8) is 0 Å².